The number of aromatic hydroxyl groups is 1. The zero-order valence-electron chi connectivity index (χ0n) is 11.6. The molecule has 1 aromatic carbocycles. The van der Waals surface area contributed by atoms with Crippen LogP contribution in [0.5, 0.6) is 5.75 Å². The van der Waals surface area contributed by atoms with Crippen LogP contribution in [0.15, 0.2) is 39.6 Å². The molecule has 0 spiro atoms. The Morgan fingerprint density at radius 1 is 1.29 bits per heavy atom. The molecule has 2 aromatic rings. The minimum atomic E-state index is -3.42. The number of carbonyl (C=O) groups is 1. The maximum Gasteiger partial charge on any atom is 0.291 e. The van der Waals surface area contributed by atoms with Crippen molar-refractivity contribution in [2.24, 2.45) is 0 Å². The van der Waals surface area contributed by atoms with E-state index in [0.717, 1.165) is 0 Å². The van der Waals surface area contributed by atoms with Gasteiger partial charge in [-0.05, 0) is 37.3 Å². The molecule has 0 bridgehead atoms. The molecule has 2 rings (SSSR count). The monoisotopic (exact) mass is 309 g/mol. The Balaban J connectivity index is 2.32. The highest BCUT2D eigenvalue weighted by Gasteiger charge is 2.17. The molecule has 6 nitrogen and oxygen atoms in total. The Morgan fingerprint density at radius 3 is 2.57 bits per heavy atom. The van der Waals surface area contributed by atoms with Gasteiger partial charge in [-0.15, -0.1) is 0 Å². The van der Waals surface area contributed by atoms with Crippen LogP contribution in [0.2, 0.25) is 0 Å². The number of phenolic OH excluding ortho intramolecular Hbond substituents is 1. The highest BCUT2D eigenvalue weighted by atomic mass is 32.2. The number of amides is 1. The standard InChI is InChI=1S/C14H15NO5S/c1-3-21(18,19)10-5-6-12(16)11(8-10)15-14(17)13-7-4-9(2)20-13/h4-8,16H,3H2,1-2H3,(H,15,17). The van der Waals surface area contributed by atoms with E-state index < -0.39 is 15.7 Å². The molecular weight excluding hydrogens is 294 g/mol. The number of carbonyl (C=O) groups excluding carboxylic acids is 1. The van der Waals surface area contributed by atoms with E-state index in [1.807, 2.05) is 0 Å². The van der Waals surface area contributed by atoms with Gasteiger partial charge in [0.25, 0.3) is 5.91 Å². The first-order chi connectivity index (χ1) is 9.83. The number of furan rings is 1. The third kappa shape index (κ3) is 3.25. The maximum absolute atomic E-state index is 11.9. The predicted molar refractivity (Wildman–Crippen MR) is 77.2 cm³/mol. The molecule has 0 radical (unpaired) electrons. The first-order valence-electron chi connectivity index (χ1n) is 6.27. The lowest BCUT2D eigenvalue weighted by atomic mass is 10.3. The molecule has 0 saturated heterocycles. The van der Waals surface area contributed by atoms with Gasteiger partial charge in [0, 0.05) is 0 Å². The average molecular weight is 309 g/mol. The summed E-state index contributed by atoms with van der Waals surface area (Å²) in [6.07, 6.45) is 0. The summed E-state index contributed by atoms with van der Waals surface area (Å²) < 4.78 is 28.8. The van der Waals surface area contributed by atoms with Gasteiger partial charge < -0.3 is 14.8 Å². The number of hydrogen-bond donors (Lipinski definition) is 2. The number of hydrogen-bond acceptors (Lipinski definition) is 5. The van der Waals surface area contributed by atoms with Crippen molar-refractivity contribution in [1.82, 2.24) is 0 Å². The largest absolute Gasteiger partial charge is 0.506 e. The first kappa shape index (κ1) is 15.1. The predicted octanol–water partition coefficient (Wildman–Crippen LogP) is 2.34. The van der Waals surface area contributed by atoms with E-state index in [1.54, 1.807) is 13.0 Å². The summed E-state index contributed by atoms with van der Waals surface area (Å²) in [5.74, 6) is -0.198. The van der Waals surface area contributed by atoms with Crippen LogP contribution >= 0.6 is 0 Å². The van der Waals surface area contributed by atoms with E-state index in [1.165, 1.54) is 31.2 Å². The SMILES string of the molecule is CCS(=O)(=O)c1ccc(O)c(NC(=O)c2ccc(C)o2)c1. The van der Waals surface area contributed by atoms with Gasteiger partial charge in [0.1, 0.15) is 11.5 Å². The van der Waals surface area contributed by atoms with E-state index in [4.69, 9.17) is 4.42 Å². The molecule has 0 atom stereocenters. The Labute approximate surface area is 122 Å². The van der Waals surface area contributed by atoms with Crippen LogP contribution in [0.25, 0.3) is 0 Å². The summed E-state index contributed by atoms with van der Waals surface area (Å²) >= 11 is 0. The molecule has 0 unspecified atom stereocenters. The van der Waals surface area contributed by atoms with E-state index >= 15 is 0 Å². The minimum absolute atomic E-state index is 0.0172. The van der Waals surface area contributed by atoms with Crippen LogP contribution in [0.4, 0.5) is 5.69 Å². The quantitative estimate of drug-likeness (QED) is 0.845. The maximum atomic E-state index is 11.9. The smallest absolute Gasteiger partial charge is 0.291 e. The van der Waals surface area contributed by atoms with E-state index in [9.17, 15) is 18.3 Å². The average Bonchev–Trinajstić information content (AvgIpc) is 2.87. The second kappa shape index (κ2) is 5.61. The van der Waals surface area contributed by atoms with Gasteiger partial charge in [0.15, 0.2) is 15.6 Å². The fourth-order valence-electron chi connectivity index (χ4n) is 1.72. The fraction of sp³-hybridized carbons (Fsp3) is 0.214. The third-order valence-corrected chi connectivity index (χ3v) is 4.65. The van der Waals surface area contributed by atoms with Crippen molar-refractivity contribution < 1.29 is 22.7 Å². The Hall–Kier alpha value is -2.28. The van der Waals surface area contributed by atoms with Gasteiger partial charge in [-0.3, -0.25) is 4.79 Å². The molecule has 7 heteroatoms. The lowest BCUT2D eigenvalue weighted by molar-refractivity contribution is 0.0995. The van der Waals surface area contributed by atoms with Gasteiger partial charge in [0.05, 0.1) is 16.3 Å². The van der Waals surface area contributed by atoms with Crippen molar-refractivity contribution in [1.29, 1.82) is 0 Å². The molecule has 2 N–H and O–H groups in total. The van der Waals surface area contributed by atoms with Crippen molar-refractivity contribution >= 4 is 21.4 Å². The topological polar surface area (TPSA) is 96.6 Å². The number of anilines is 1. The van der Waals surface area contributed by atoms with Gasteiger partial charge in [-0.1, -0.05) is 6.92 Å². The molecule has 21 heavy (non-hydrogen) atoms. The lowest BCUT2D eigenvalue weighted by Gasteiger charge is -2.08. The van der Waals surface area contributed by atoms with Crippen LogP contribution in [0.1, 0.15) is 23.2 Å². The van der Waals surface area contributed by atoms with Crippen LogP contribution in [-0.4, -0.2) is 25.2 Å². The molecule has 1 aromatic heterocycles. The van der Waals surface area contributed by atoms with Crippen molar-refractivity contribution in [3.63, 3.8) is 0 Å². The Kier molecular flexibility index (Phi) is 4.04. The number of aryl methyl sites for hydroxylation is 1. The molecule has 1 amide bonds. The van der Waals surface area contributed by atoms with Crippen molar-refractivity contribution in [2.75, 3.05) is 11.1 Å². The Bertz CT molecular complexity index is 776. The number of benzene rings is 1. The fourth-order valence-corrected chi connectivity index (χ4v) is 2.62. The zero-order chi connectivity index (χ0) is 15.6. The summed E-state index contributed by atoms with van der Waals surface area (Å²) in [6, 6.07) is 6.87. The molecule has 0 aliphatic heterocycles. The second-order valence-electron chi connectivity index (χ2n) is 4.45. The van der Waals surface area contributed by atoms with E-state index in [0.29, 0.717) is 5.76 Å². The highest BCUT2D eigenvalue weighted by molar-refractivity contribution is 7.91. The van der Waals surface area contributed by atoms with Crippen LogP contribution < -0.4 is 5.32 Å². The van der Waals surface area contributed by atoms with Crippen molar-refractivity contribution in [3.8, 4) is 5.75 Å². The molecular formula is C14H15NO5S. The highest BCUT2D eigenvalue weighted by Crippen LogP contribution is 2.27. The zero-order valence-corrected chi connectivity index (χ0v) is 12.4. The van der Waals surface area contributed by atoms with Crippen LogP contribution in [-0.2, 0) is 9.84 Å². The molecule has 0 aliphatic rings. The van der Waals surface area contributed by atoms with Crippen molar-refractivity contribution in [3.05, 3.63) is 41.9 Å². The Morgan fingerprint density at radius 2 is 2.00 bits per heavy atom. The van der Waals surface area contributed by atoms with Crippen LogP contribution in [0.3, 0.4) is 0 Å². The lowest BCUT2D eigenvalue weighted by Crippen LogP contribution is -2.12. The number of nitrogens with one attached hydrogen (secondary N) is 1. The molecule has 112 valence electrons. The number of phenols is 1. The van der Waals surface area contributed by atoms with E-state index in [2.05, 4.69) is 5.32 Å². The number of sulfone groups is 1. The molecule has 1 heterocycles. The molecule has 0 saturated carbocycles. The van der Waals surface area contributed by atoms with Gasteiger partial charge >= 0.3 is 0 Å². The molecule has 0 aliphatic carbocycles. The number of rotatable bonds is 4. The summed E-state index contributed by atoms with van der Waals surface area (Å²) in [5, 5.41) is 12.2. The second-order valence-corrected chi connectivity index (χ2v) is 6.73. The first-order valence-corrected chi connectivity index (χ1v) is 7.92. The normalized spacial score (nSPS) is 11.3. The van der Waals surface area contributed by atoms with Crippen molar-refractivity contribution in [2.45, 2.75) is 18.7 Å². The summed E-state index contributed by atoms with van der Waals surface area (Å²) in [5.41, 5.74) is 0.0172. The molecule has 0 fully saturated rings. The third-order valence-electron chi connectivity index (χ3n) is 2.92. The van der Waals surface area contributed by atoms with Gasteiger partial charge in [-0.2, -0.15) is 0 Å². The minimum Gasteiger partial charge on any atom is -0.506 e. The van der Waals surface area contributed by atoms with Crippen LogP contribution in [0, 0.1) is 6.92 Å². The summed E-state index contributed by atoms with van der Waals surface area (Å²) in [4.78, 5) is 12.0. The summed E-state index contributed by atoms with van der Waals surface area (Å²) in [6.45, 7) is 3.22. The van der Waals surface area contributed by atoms with E-state index in [-0.39, 0.29) is 27.8 Å². The summed E-state index contributed by atoms with van der Waals surface area (Å²) in [7, 11) is -3.42. The van der Waals surface area contributed by atoms with Gasteiger partial charge in [0.2, 0.25) is 0 Å². The van der Waals surface area contributed by atoms with Gasteiger partial charge in [-0.25, -0.2) is 8.42 Å².